The minimum Gasteiger partial charge on any atom is -0.355 e. The lowest BCUT2D eigenvalue weighted by atomic mass is 10.1. The fraction of sp³-hybridized carbons (Fsp3) is 0.182. The third-order valence-electron chi connectivity index (χ3n) is 5.09. The van der Waals surface area contributed by atoms with Gasteiger partial charge in [-0.1, -0.05) is 42.1 Å². The first-order chi connectivity index (χ1) is 14.8. The molecule has 0 aliphatic carbocycles. The minimum absolute atomic E-state index is 0.0319. The molecule has 7 nitrogen and oxygen atoms in total. The molecule has 158 valence electrons. The lowest BCUT2D eigenvalue weighted by Crippen LogP contribution is -2.30. The number of fused-ring (bicyclic) bond motifs is 1. The van der Waals surface area contributed by atoms with Gasteiger partial charge in [-0.15, -0.1) is 11.3 Å². The van der Waals surface area contributed by atoms with Gasteiger partial charge in [0.2, 0.25) is 0 Å². The van der Waals surface area contributed by atoms with Crippen LogP contribution in [0.15, 0.2) is 45.7 Å². The molecule has 1 aromatic carbocycles. The Morgan fingerprint density at radius 3 is 2.58 bits per heavy atom. The molecule has 4 aromatic rings. The molecular weight excluding hydrogens is 432 g/mol. The number of aryl methyl sites for hydroxylation is 1. The van der Waals surface area contributed by atoms with Gasteiger partial charge in [0.05, 0.1) is 16.8 Å². The number of aromatic nitrogens is 3. The molecular formula is C22H20N4O3S2. The quantitative estimate of drug-likeness (QED) is 0.198. The topological polar surface area (TPSA) is 111 Å². The Balaban J connectivity index is 1.64. The van der Waals surface area contributed by atoms with Crippen LogP contribution in [-0.2, 0) is 0 Å². The largest absolute Gasteiger partial charge is 0.355 e. The summed E-state index contributed by atoms with van der Waals surface area (Å²) in [7, 11) is 0. The average Bonchev–Trinajstić information content (AvgIpc) is 3.30. The van der Waals surface area contributed by atoms with Crippen LogP contribution in [0.5, 0.6) is 0 Å². The number of aromatic amines is 1. The van der Waals surface area contributed by atoms with E-state index in [1.165, 1.54) is 18.3 Å². The molecule has 0 fully saturated rings. The van der Waals surface area contributed by atoms with E-state index in [0.29, 0.717) is 32.7 Å². The maximum Gasteiger partial charge on any atom is 0.282 e. The van der Waals surface area contributed by atoms with Gasteiger partial charge in [-0.3, -0.25) is 14.4 Å². The predicted octanol–water partition coefficient (Wildman–Crippen LogP) is 3.96. The molecule has 31 heavy (non-hydrogen) atoms. The zero-order chi connectivity index (χ0) is 22.3. The monoisotopic (exact) mass is 452 g/mol. The van der Waals surface area contributed by atoms with E-state index in [2.05, 4.69) is 9.97 Å². The van der Waals surface area contributed by atoms with Gasteiger partial charge >= 0.3 is 0 Å². The summed E-state index contributed by atoms with van der Waals surface area (Å²) in [5.41, 5.74) is 3.59. The first-order valence-electron chi connectivity index (χ1n) is 9.50. The summed E-state index contributed by atoms with van der Waals surface area (Å²) < 4.78 is 0.993. The fourth-order valence-electron chi connectivity index (χ4n) is 3.68. The maximum absolute atomic E-state index is 13.0. The Labute approximate surface area is 186 Å². The third kappa shape index (κ3) is 3.70. The number of carbonyl (C=O) groups excluding carboxylic acids is 2. The zero-order valence-corrected chi connectivity index (χ0v) is 18.8. The van der Waals surface area contributed by atoms with Gasteiger partial charge in [0, 0.05) is 22.2 Å². The van der Waals surface area contributed by atoms with Crippen molar-refractivity contribution in [2.75, 3.05) is 11.6 Å². The summed E-state index contributed by atoms with van der Waals surface area (Å²) in [6.07, 6.45) is 0. The molecule has 4 rings (SSSR count). The number of ketones is 2. The number of thiophene rings is 1. The van der Waals surface area contributed by atoms with Crippen molar-refractivity contribution < 1.29 is 9.59 Å². The highest BCUT2D eigenvalue weighted by molar-refractivity contribution is 7.99. The number of benzene rings is 1. The lowest BCUT2D eigenvalue weighted by Gasteiger charge is -2.07. The molecule has 0 saturated heterocycles. The molecule has 0 spiro atoms. The summed E-state index contributed by atoms with van der Waals surface area (Å²) in [5, 5.41) is 2.62. The number of nitrogens with one attached hydrogen (secondary N) is 1. The number of hydrogen-bond acceptors (Lipinski definition) is 7. The van der Waals surface area contributed by atoms with Crippen molar-refractivity contribution in [2.45, 2.75) is 25.9 Å². The molecule has 0 amide bonds. The number of nitrogens with zero attached hydrogens (tertiary/aromatic N) is 2. The van der Waals surface area contributed by atoms with E-state index in [0.717, 1.165) is 27.6 Å². The van der Waals surface area contributed by atoms with Crippen LogP contribution in [0.4, 0.5) is 0 Å². The number of H-pyrrole nitrogens is 1. The van der Waals surface area contributed by atoms with Crippen molar-refractivity contribution in [1.82, 2.24) is 14.6 Å². The van der Waals surface area contributed by atoms with E-state index in [9.17, 15) is 14.4 Å². The van der Waals surface area contributed by atoms with Gasteiger partial charge in [0.15, 0.2) is 16.7 Å². The number of nitrogens with two attached hydrogens (primary N) is 1. The Morgan fingerprint density at radius 2 is 1.94 bits per heavy atom. The summed E-state index contributed by atoms with van der Waals surface area (Å²) in [6, 6.07) is 9.59. The van der Waals surface area contributed by atoms with Crippen LogP contribution in [0.2, 0.25) is 0 Å². The summed E-state index contributed by atoms with van der Waals surface area (Å²) in [4.78, 5) is 45.6. The van der Waals surface area contributed by atoms with E-state index in [1.54, 1.807) is 13.8 Å². The Kier molecular flexibility index (Phi) is 5.55. The second-order valence-corrected chi connectivity index (χ2v) is 8.96. The summed E-state index contributed by atoms with van der Waals surface area (Å²) in [6.45, 7) is 4.99. The highest BCUT2D eigenvalue weighted by atomic mass is 32.2. The minimum atomic E-state index is -0.356. The Bertz CT molecular complexity index is 1380. The van der Waals surface area contributed by atoms with E-state index in [-0.39, 0.29) is 28.0 Å². The van der Waals surface area contributed by atoms with E-state index >= 15 is 0 Å². The van der Waals surface area contributed by atoms with Crippen LogP contribution in [0.3, 0.4) is 0 Å². The van der Waals surface area contributed by atoms with Gasteiger partial charge in [-0.05, 0) is 31.9 Å². The van der Waals surface area contributed by atoms with Gasteiger partial charge in [-0.2, -0.15) is 0 Å². The second kappa shape index (κ2) is 8.16. The maximum atomic E-state index is 13.0. The number of rotatable bonds is 6. The molecule has 0 radical (unpaired) electrons. The highest BCUT2D eigenvalue weighted by Crippen LogP contribution is 2.32. The smallest absolute Gasteiger partial charge is 0.282 e. The predicted molar refractivity (Wildman–Crippen MR) is 125 cm³/mol. The Morgan fingerprint density at radius 1 is 1.23 bits per heavy atom. The highest BCUT2D eigenvalue weighted by Gasteiger charge is 2.21. The van der Waals surface area contributed by atoms with Crippen molar-refractivity contribution >= 4 is 44.9 Å². The van der Waals surface area contributed by atoms with Crippen molar-refractivity contribution in [3.8, 4) is 11.1 Å². The fourth-order valence-corrected chi connectivity index (χ4v) is 5.45. The van der Waals surface area contributed by atoms with Gasteiger partial charge in [0.25, 0.3) is 5.56 Å². The number of thioether (sulfide) groups is 1. The molecule has 0 saturated carbocycles. The van der Waals surface area contributed by atoms with Crippen molar-refractivity contribution in [3.05, 3.63) is 68.6 Å². The van der Waals surface area contributed by atoms with Gasteiger partial charge in [0.1, 0.15) is 4.83 Å². The van der Waals surface area contributed by atoms with Crippen LogP contribution in [0.1, 0.15) is 39.0 Å². The van der Waals surface area contributed by atoms with Gasteiger partial charge in [-0.25, -0.2) is 9.66 Å². The zero-order valence-electron chi connectivity index (χ0n) is 17.2. The molecule has 0 unspecified atom stereocenters. The molecule has 0 bridgehead atoms. The summed E-state index contributed by atoms with van der Waals surface area (Å²) >= 11 is 2.46. The number of nitrogen functional groups attached to an aromatic ring is 1. The van der Waals surface area contributed by atoms with Crippen LogP contribution in [0.25, 0.3) is 21.3 Å². The molecule has 0 aliphatic rings. The molecule has 0 atom stereocenters. The SMILES string of the molecule is CC(=O)c1c(C)[nH]c(C(=O)CSc2nc3scc(-c4ccccc4)c3c(=O)n2N)c1C. The molecule has 0 aliphatic heterocycles. The molecule has 9 heteroatoms. The van der Waals surface area contributed by atoms with E-state index in [4.69, 9.17) is 5.84 Å². The number of Topliss-reactive ketones (excluding diaryl/α,β-unsaturated/α-hetero) is 2. The average molecular weight is 453 g/mol. The van der Waals surface area contributed by atoms with Crippen LogP contribution in [-0.4, -0.2) is 32.0 Å². The normalized spacial score (nSPS) is 11.2. The standard InChI is InChI=1S/C22H20N4O3S2/c1-11-17(13(3)27)12(2)24-19(11)16(28)10-31-22-25-20-18(21(29)26(22)23)15(9-30-20)14-7-5-4-6-8-14/h4-9,24H,10,23H2,1-3H3. The van der Waals surface area contributed by atoms with E-state index in [1.807, 2.05) is 35.7 Å². The molecule has 3 aromatic heterocycles. The first-order valence-corrected chi connectivity index (χ1v) is 11.4. The molecule has 3 N–H and O–H groups in total. The summed E-state index contributed by atoms with van der Waals surface area (Å²) in [5.74, 6) is 5.79. The van der Waals surface area contributed by atoms with Crippen molar-refractivity contribution in [2.24, 2.45) is 0 Å². The number of carbonyl (C=O) groups is 2. The van der Waals surface area contributed by atoms with Crippen LogP contribution >= 0.6 is 23.1 Å². The van der Waals surface area contributed by atoms with Crippen LogP contribution < -0.4 is 11.4 Å². The number of hydrogen-bond donors (Lipinski definition) is 2. The van der Waals surface area contributed by atoms with Crippen molar-refractivity contribution in [1.29, 1.82) is 0 Å². The van der Waals surface area contributed by atoms with Crippen LogP contribution in [0, 0.1) is 13.8 Å². The second-order valence-electron chi connectivity index (χ2n) is 7.16. The third-order valence-corrected chi connectivity index (χ3v) is 6.92. The molecule has 3 heterocycles. The van der Waals surface area contributed by atoms with E-state index < -0.39 is 0 Å². The van der Waals surface area contributed by atoms with Gasteiger partial charge < -0.3 is 10.8 Å². The first kappa shape index (κ1) is 21.1. The van der Waals surface area contributed by atoms with Crippen molar-refractivity contribution in [3.63, 3.8) is 0 Å². The Hall–Kier alpha value is -3.17. The lowest BCUT2D eigenvalue weighted by molar-refractivity contribution is 0.101.